The van der Waals surface area contributed by atoms with E-state index in [1.165, 1.54) is 0 Å². The van der Waals surface area contributed by atoms with E-state index in [1.54, 1.807) is 6.92 Å². The highest BCUT2D eigenvalue weighted by Crippen LogP contribution is 2.36. The van der Waals surface area contributed by atoms with Gasteiger partial charge in [0, 0.05) is 5.69 Å². The summed E-state index contributed by atoms with van der Waals surface area (Å²) >= 11 is 0. The molecule has 3 rings (SSSR count). The summed E-state index contributed by atoms with van der Waals surface area (Å²) in [4.78, 5) is 13.1. The Morgan fingerprint density at radius 3 is 2.57 bits per heavy atom. The van der Waals surface area contributed by atoms with Crippen LogP contribution in [0, 0.1) is 0 Å². The SMILES string of the molecule is CC(O)NC1(C(=O)Nc2ccccc2)CCCc2ccccc21. The highest BCUT2D eigenvalue weighted by atomic mass is 16.3. The lowest BCUT2D eigenvalue weighted by atomic mass is 9.75. The molecule has 120 valence electrons. The molecule has 2 unspecified atom stereocenters. The molecule has 4 nitrogen and oxygen atoms in total. The molecule has 0 fully saturated rings. The third kappa shape index (κ3) is 3.14. The van der Waals surface area contributed by atoms with Crippen molar-refractivity contribution < 1.29 is 9.90 Å². The number of fused-ring (bicyclic) bond motifs is 1. The number of aliphatic hydroxyl groups excluding tert-OH is 1. The van der Waals surface area contributed by atoms with Crippen LogP contribution in [0.25, 0.3) is 0 Å². The Bertz CT molecular complexity index is 685. The monoisotopic (exact) mass is 310 g/mol. The summed E-state index contributed by atoms with van der Waals surface area (Å²) < 4.78 is 0. The van der Waals surface area contributed by atoms with Crippen LogP contribution in [-0.4, -0.2) is 17.2 Å². The number of hydrogen-bond acceptors (Lipinski definition) is 3. The van der Waals surface area contributed by atoms with Crippen LogP contribution in [0.15, 0.2) is 54.6 Å². The third-order valence-corrected chi connectivity index (χ3v) is 4.35. The second kappa shape index (κ2) is 6.52. The first-order valence-electron chi connectivity index (χ1n) is 8.02. The van der Waals surface area contributed by atoms with Crippen molar-refractivity contribution in [2.45, 2.75) is 38.0 Å². The highest BCUT2D eigenvalue weighted by molar-refractivity contribution is 5.99. The minimum Gasteiger partial charge on any atom is -0.379 e. The first-order chi connectivity index (χ1) is 11.1. The first-order valence-corrected chi connectivity index (χ1v) is 8.02. The molecule has 1 aliphatic carbocycles. The van der Waals surface area contributed by atoms with Gasteiger partial charge in [-0.15, -0.1) is 0 Å². The van der Waals surface area contributed by atoms with Gasteiger partial charge in [0.25, 0.3) is 0 Å². The number of hydrogen-bond donors (Lipinski definition) is 3. The molecule has 3 N–H and O–H groups in total. The normalized spacial score (nSPS) is 21.3. The average molecular weight is 310 g/mol. The molecule has 0 radical (unpaired) electrons. The zero-order valence-corrected chi connectivity index (χ0v) is 13.3. The van der Waals surface area contributed by atoms with Gasteiger partial charge in [-0.25, -0.2) is 0 Å². The summed E-state index contributed by atoms with van der Waals surface area (Å²) in [5.74, 6) is -0.128. The van der Waals surface area contributed by atoms with Gasteiger partial charge in [-0.05, 0) is 49.4 Å². The number of benzene rings is 2. The van der Waals surface area contributed by atoms with E-state index in [2.05, 4.69) is 16.7 Å². The lowest BCUT2D eigenvalue weighted by molar-refractivity contribution is -0.125. The molecular formula is C19H22N2O2. The predicted octanol–water partition coefficient (Wildman–Crippen LogP) is 2.78. The summed E-state index contributed by atoms with van der Waals surface area (Å²) in [5.41, 5.74) is 1.97. The largest absolute Gasteiger partial charge is 0.379 e. The molecular weight excluding hydrogens is 288 g/mol. The van der Waals surface area contributed by atoms with Crippen molar-refractivity contribution in [2.75, 3.05) is 5.32 Å². The van der Waals surface area contributed by atoms with Gasteiger partial charge in [0.2, 0.25) is 5.91 Å². The molecule has 0 spiro atoms. The number of amides is 1. The smallest absolute Gasteiger partial charge is 0.249 e. The number of carbonyl (C=O) groups excluding carboxylic acids is 1. The van der Waals surface area contributed by atoms with E-state index in [0.29, 0.717) is 6.42 Å². The Hall–Kier alpha value is -2.17. The molecule has 2 aromatic carbocycles. The van der Waals surface area contributed by atoms with E-state index in [9.17, 15) is 9.90 Å². The topological polar surface area (TPSA) is 61.4 Å². The van der Waals surface area contributed by atoms with Crippen LogP contribution in [0.2, 0.25) is 0 Å². The van der Waals surface area contributed by atoms with Crippen molar-refractivity contribution in [2.24, 2.45) is 0 Å². The van der Waals surface area contributed by atoms with Crippen molar-refractivity contribution in [1.82, 2.24) is 5.32 Å². The predicted molar refractivity (Wildman–Crippen MR) is 90.9 cm³/mol. The molecule has 0 aromatic heterocycles. The van der Waals surface area contributed by atoms with Gasteiger partial charge in [-0.1, -0.05) is 42.5 Å². The van der Waals surface area contributed by atoms with E-state index in [0.717, 1.165) is 29.7 Å². The Morgan fingerprint density at radius 1 is 1.13 bits per heavy atom. The molecule has 23 heavy (non-hydrogen) atoms. The summed E-state index contributed by atoms with van der Waals surface area (Å²) in [6.07, 6.45) is 1.74. The quantitative estimate of drug-likeness (QED) is 0.761. The van der Waals surface area contributed by atoms with Crippen LogP contribution in [0.3, 0.4) is 0 Å². The lowest BCUT2D eigenvalue weighted by Gasteiger charge is -2.39. The number of anilines is 1. The number of carbonyl (C=O) groups is 1. The second-order valence-electron chi connectivity index (χ2n) is 6.06. The zero-order valence-electron chi connectivity index (χ0n) is 13.3. The maximum Gasteiger partial charge on any atom is 0.249 e. The molecule has 0 aliphatic heterocycles. The van der Waals surface area contributed by atoms with E-state index < -0.39 is 11.8 Å². The maximum atomic E-state index is 13.1. The van der Waals surface area contributed by atoms with Crippen molar-refractivity contribution in [3.63, 3.8) is 0 Å². The van der Waals surface area contributed by atoms with E-state index >= 15 is 0 Å². The van der Waals surface area contributed by atoms with Gasteiger partial charge in [0.1, 0.15) is 11.8 Å². The molecule has 0 saturated heterocycles. The van der Waals surface area contributed by atoms with Gasteiger partial charge in [-0.2, -0.15) is 0 Å². The van der Waals surface area contributed by atoms with Gasteiger partial charge in [0.05, 0.1) is 0 Å². The molecule has 0 saturated carbocycles. The van der Waals surface area contributed by atoms with Gasteiger partial charge >= 0.3 is 0 Å². The van der Waals surface area contributed by atoms with Crippen LogP contribution in [0.5, 0.6) is 0 Å². The lowest BCUT2D eigenvalue weighted by Crippen LogP contribution is -2.56. The van der Waals surface area contributed by atoms with Crippen LogP contribution >= 0.6 is 0 Å². The van der Waals surface area contributed by atoms with E-state index in [1.807, 2.05) is 48.5 Å². The maximum absolute atomic E-state index is 13.1. The van der Waals surface area contributed by atoms with Crippen LogP contribution in [-0.2, 0) is 16.8 Å². The number of nitrogens with one attached hydrogen (secondary N) is 2. The standard InChI is InChI=1S/C19H22N2O2/c1-14(22)21-19(18(23)20-16-10-3-2-4-11-16)13-7-9-15-8-5-6-12-17(15)19/h2-6,8,10-12,14,21-22H,7,9,13H2,1H3,(H,20,23). The fraction of sp³-hybridized carbons (Fsp3) is 0.316. The Morgan fingerprint density at radius 2 is 1.83 bits per heavy atom. The molecule has 4 heteroatoms. The van der Waals surface area contributed by atoms with Crippen molar-refractivity contribution in [3.05, 3.63) is 65.7 Å². The number of para-hydroxylation sites is 1. The van der Waals surface area contributed by atoms with Crippen molar-refractivity contribution >= 4 is 11.6 Å². The minimum atomic E-state index is -0.904. The summed E-state index contributed by atoms with van der Waals surface area (Å²) in [6, 6.07) is 17.4. The van der Waals surface area contributed by atoms with Crippen molar-refractivity contribution in [3.8, 4) is 0 Å². The molecule has 0 heterocycles. The Kier molecular flexibility index (Phi) is 4.46. The first kappa shape index (κ1) is 15.7. The number of aliphatic hydroxyl groups is 1. The van der Waals surface area contributed by atoms with E-state index in [4.69, 9.17) is 0 Å². The van der Waals surface area contributed by atoms with Crippen molar-refractivity contribution in [1.29, 1.82) is 0 Å². The molecule has 1 amide bonds. The van der Waals surface area contributed by atoms with Gasteiger partial charge in [0.15, 0.2) is 0 Å². The number of rotatable bonds is 4. The van der Waals surface area contributed by atoms with Crippen LogP contribution in [0.1, 0.15) is 30.9 Å². The zero-order chi connectivity index (χ0) is 16.3. The van der Waals surface area contributed by atoms with Gasteiger partial charge in [-0.3, -0.25) is 10.1 Å². The second-order valence-corrected chi connectivity index (χ2v) is 6.06. The third-order valence-electron chi connectivity index (χ3n) is 4.35. The fourth-order valence-electron chi connectivity index (χ4n) is 3.40. The summed E-state index contributed by atoms with van der Waals surface area (Å²) in [7, 11) is 0. The summed E-state index contributed by atoms with van der Waals surface area (Å²) in [6.45, 7) is 1.65. The molecule has 2 aromatic rings. The van der Waals surface area contributed by atoms with Gasteiger partial charge < -0.3 is 10.4 Å². The molecule has 2 atom stereocenters. The molecule has 1 aliphatic rings. The Balaban J connectivity index is 2.00. The molecule has 0 bridgehead atoms. The van der Waals surface area contributed by atoms with E-state index in [-0.39, 0.29) is 5.91 Å². The minimum absolute atomic E-state index is 0.128. The Labute approximate surface area is 136 Å². The average Bonchev–Trinajstić information content (AvgIpc) is 2.55. The fourth-order valence-corrected chi connectivity index (χ4v) is 3.40. The summed E-state index contributed by atoms with van der Waals surface area (Å²) in [5, 5.41) is 16.0. The van der Waals surface area contributed by atoms with Crippen LogP contribution in [0.4, 0.5) is 5.69 Å². The number of aryl methyl sites for hydroxylation is 1. The highest BCUT2D eigenvalue weighted by Gasteiger charge is 2.43. The van der Waals surface area contributed by atoms with Crippen LogP contribution < -0.4 is 10.6 Å².